The van der Waals surface area contributed by atoms with E-state index in [1.54, 1.807) is 7.11 Å². The Labute approximate surface area is 148 Å². The zero-order valence-corrected chi connectivity index (χ0v) is 14.8. The fourth-order valence-corrected chi connectivity index (χ4v) is 4.81. The molecule has 1 aromatic rings. The topological polar surface area (TPSA) is 18.5 Å². The first-order valence-electron chi connectivity index (χ1n) is 9.27. The summed E-state index contributed by atoms with van der Waals surface area (Å²) in [6, 6.07) is 6.16. The van der Waals surface area contributed by atoms with Crippen molar-refractivity contribution in [2.45, 2.75) is 57.0 Å². The van der Waals surface area contributed by atoms with Gasteiger partial charge in [-0.05, 0) is 66.4 Å². The van der Waals surface area contributed by atoms with E-state index < -0.39 is 5.92 Å². The van der Waals surface area contributed by atoms with Gasteiger partial charge in [0.2, 0.25) is 5.92 Å². The summed E-state index contributed by atoms with van der Waals surface area (Å²) in [4.78, 5) is 0. The molecule has 0 saturated heterocycles. The number of hydrogen-bond donors (Lipinski definition) is 0. The molecular weight excluding hydrogens is 322 g/mol. The van der Waals surface area contributed by atoms with Gasteiger partial charge in [-0.25, -0.2) is 8.78 Å². The van der Waals surface area contributed by atoms with Crippen LogP contribution in [0.4, 0.5) is 8.78 Å². The first kappa shape index (κ1) is 17.0. The summed E-state index contributed by atoms with van der Waals surface area (Å²) in [7, 11) is 1.79. The minimum atomic E-state index is -2.48. The first-order chi connectivity index (χ1) is 11.9. The number of halogens is 2. The molecule has 1 aromatic carbocycles. The Morgan fingerprint density at radius 3 is 2.56 bits per heavy atom. The number of rotatable bonds is 4. The number of methoxy groups -OCH3 is 1. The number of benzene rings is 1. The molecule has 1 spiro atoms. The van der Waals surface area contributed by atoms with Crippen LogP contribution < -0.4 is 4.74 Å². The average molecular weight is 348 g/mol. The molecule has 0 unspecified atom stereocenters. The molecule has 4 heteroatoms. The van der Waals surface area contributed by atoms with Crippen molar-refractivity contribution in [1.82, 2.24) is 0 Å². The molecular formula is C21H26F2O2. The Morgan fingerprint density at radius 1 is 1.20 bits per heavy atom. The molecule has 0 aromatic heterocycles. The van der Waals surface area contributed by atoms with Crippen molar-refractivity contribution >= 4 is 5.57 Å². The Morgan fingerprint density at radius 2 is 1.92 bits per heavy atom. The van der Waals surface area contributed by atoms with Gasteiger partial charge in [0, 0.05) is 25.9 Å². The Bertz CT molecular complexity index is 666. The van der Waals surface area contributed by atoms with Crippen molar-refractivity contribution in [2.24, 2.45) is 11.3 Å². The van der Waals surface area contributed by atoms with Crippen LogP contribution in [0.25, 0.3) is 5.57 Å². The highest BCUT2D eigenvalue weighted by Gasteiger charge is 2.46. The van der Waals surface area contributed by atoms with Gasteiger partial charge in [0.1, 0.15) is 5.75 Å². The SMILES string of the molecule is C=C1c2cc(OCC3CC(F)(F)C3)ccc2CC12CCC(OC)CC2. The van der Waals surface area contributed by atoms with E-state index in [1.165, 1.54) is 16.7 Å². The van der Waals surface area contributed by atoms with Crippen molar-refractivity contribution < 1.29 is 18.3 Å². The zero-order chi connectivity index (χ0) is 17.7. The largest absolute Gasteiger partial charge is 0.493 e. The van der Waals surface area contributed by atoms with E-state index in [0.717, 1.165) is 37.9 Å². The molecule has 0 aliphatic heterocycles. The highest BCUT2D eigenvalue weighted by atomic mass is 19.3. The molecule has 3 aliphatic rings. The minimum absolute atomic E-state index is 0.0258. The van der Waals surface area contributed by atoms with Crippen LogP contribution in [0.5, 0.6) is 5.75 Å². The van der Waals surface area contributed by atoms with E-state index in [1.807, 2.05) is 6.07 Å². The molecule has 2 nitrogen and oxygen atoms in total. The van der Waals surface area contributed by atoms with E-state index in [9.17, 15) is 8.78 Å². The zero-order valence-electron chi connectivity index (χ0n) is 14.8. The van der Waals surface area contributed by atoms with Crippen LogP contribution in [0.2, 0.25) is 0 Å². The lowest BCUT2D eigenvalue weighted by molar-refractivity contribution is -0.119. The van der Waals surface area contributed by atoms with Gasteiger partial charge in [0.15, 0.2) is 0 Å². The van der Waals surface area contributed by atoms with E-state index in [2.05, 4.69) is 18.7 Å². The third kappa shape index (κ3) is 3.10. The third-order valence-electron chi connectivity index (χ3n) is 6.46. The van der Waals surface area contributed by atoms with Crippen LogP contribution in [0.3, 0.4) is 0 Å². The normalized spacial score (nSPS) is 25.0. The molecule has 0 N–H and O–H groups in total. The van der Waals surface area contributed by atoms with Crippen LogP contribution >= 0.6 is 0 Å². The van der Waals surface area contributed by atoms with Crippen LogP contribution in [0.1, 0.15) is 49.7 Å². The van der Waals surface area contributed by atoms with Crippen molar-refractivity contribution in [3.8, 4) is 5.75 Å². The molecule has 2 saturated carbocycles. The van der Waals surface area contributed by atoms with Crippen molar-refractivity contribution in [1.29, 1.82) is 0 Å². The Balaban J connectivity index is 1.42. The van der Waals surface area contributed by atoms with Crippen molar-refractivity contribution in [3.63, 3.8) is 0 Å². The molecule has 0 bridgehead atoms. The second kappa shape index (κ2) is 6.08. The highest BCUT2D eigenvalue weighted by molar-refractivity contribution is 5.77. The molecule has 0 radical (unpaired) electrons. The maximum atomic E-state index is 12.9. The average Bonchev–Trinajstić information content (AvgIpc) is 2.84. The van der Waals surface area contributed by atoms with Crippen LogP contribution in [0.15, 0.2) is 24.8 Å². The number of alkyl halides is 2. The lowest BCUT2D eigenvalue weighted by Gasteiger charge is -2.37. The van der Waals surface area contributed by atoms with E-state index >= 15 is 0 Å². The molecule has 25 heavy (non-hydrogen) atoms. The summed E-state index contributed by atoms with van der Waals surface area (Å²) in [6.45, 7) is 4.79. The van der Waals surface area contributed by atoms with Crippen LogP contribution in [-0.2, 0) is 11.2 Å². The molecule has 0 heterocycles. The fraction of sp³-hybridized carbons (Fsp3) is 0.619. The lowest BCUT2D eigenvalue weighted by atomic mass is 9.69. The van der Waals surface area contributed by atoms with Gasteiger partial charge in [0.25, 0.3) is 0 Å². The van der Waals surface area contributed by atoms with Gasteiger partial charge >= 0.3 is 0 Å². The summed E-state index contributed by atoms with van der Waals surface area (Å²) in [5.41, 5.74) is 3.93. The first-order valence-corrected chi connectivity index (χ1v) is 9.27. The van der Waals surface area contributed by atoms with Crippen LogP contribution in [-0.4, -0.2) is 25.7 Å². The number of fused-ring (bicyclic) bond motifs is 1. The van der Waals surface area contributed by atoms with Gasteiger partial charge < -0.3 is 9.47 Å². The fourth-order valence-electron chi connectivity index (χ4n) is 4.81. The second-order valence-corrected chi connectivity index (χ2v) is 8.13. The molecule has 0 atom stereocenters. The van der Waals surface area contributed by atoms with Gasteiger partial charge in [-0.3, -0.25) is 0 Å². The summed E-state index contributed by atoms with van der Waals surface area (Å²) in [6.07, 6.45) is 5.74. The monoisotopic (exact) mass is 348 g/mol. The quantitative estimate of drug-likeness (QED) is 0.739. The van der Waals surface area contributed by atoms with E-state index in [0.29, 0.717) is 12.7 Å². The number of ether oxygens (including phenoxy) is 2. The smallest absolute Gasteiger partial charge is 0.248 e. The van der Waals surface area contributed by atoms with Crippen molar-refractivity contribution in [2.75, 3.05) is 13.7 Å². The minimum Gasteiger partial charge on any atom is -0.493 e. The number of allylic oxidation sites excluding steroid dienone is 1. The second-order valence-electron chi connectivity index (χ2n) is 8.13. The maximum absolute atomic E-state index is 12.9. The van der Waals surface area contributed by atoms with Crippen molar-refractivity contribution in [3.05, 3.63) is 35.9 Å². The molecule has 136 valence electrons. The summed E-state index contributed by atoms with van der Waals surface area (Å²) >= 11 is 0. The van der Waals surface area contributed by atoms with Gasteiger partial charge in [0.05, 0.1) is 12.7 Å². The highest BCUT2D eigenvalue weighted by Crippen LogP contribution is 2.54. The summed E-state index contributed by atoms with van der Waals surface area (Å²) in [5.74, 6) is -1.73. The number of hydrogen-bond acceptors (Lipinski definition) is 2. The van der Waals surface area contributed by atoms with E-state index in [4.69, 9.17) is 9.47 Å². The van der Waals surface area contributed by atoms with Gasteiger partial charge in [-0.2, -0.15) is 0 Å². The van der Waals surface area contributed by atoms with Crippen LogP contribution in [0, 0.1) is 11.3 Å². The molecule has 3 aliphatic carbocycles. The third-order valence-corrected chi connectivity index (χ3v) is 6.46. The summed E-state index contributed by atoms with van der Waals surface area (Å²) < 4.78 is 37.1. The molecule has 2 fully saturated rings. The van der Waals surface area contributed by atoms with Gasteiger partial charge in [-0.15, -0.1) is 0 Å². The summed E-state index contributed by atoms with van der Waals surface area (Å²) in [5, 5.41) is 0. The van der Waals surface area contributed by atoms with E-state index in [-0.39, 0.29) is 24.2 Å². The Hall–Kier alpha value is -1.42. The van der Waals surface area contributed by atoms with Gasteiger partial charge in [-0.1, -0.05) is 12.6 Å². The lowest BCUT2D eigenvalue weighted by Crippen LogP contribution is -2.38. The molecule has 4 rings (SSSR count). The maximum Gasteiger partial charge on any atom is 0.248 e. The predicted octanol–water partition coefficient (Wildman–Crippen LogP) is 5.26. The Kier molecular flexibility index (Phi) is 4.14. The predicted molar refractivity (Wildman–Crippen MR) is 94.0 cm³/mol. The molecule has 0 amide bonds. The standard InChI is InChI=1S/C21H26F2O2/c1-14-19-9-18(25-13-15-10-21(22,23)11-15)4-3-16(19)12-20(14)7-5-17(24-2)6-8-20/h3-4,9,15,17H,1,5-8,10-13H2,2H3.